The fourth-order valence-corrected chi connectivity index (χ4v) is 2.35. The van der Waals surface area contributed by atoms with Crippen LogP contribution in [0.1, 0.15) is 0 Å². The quantitative estimate of drug-likeness (QED) is 0.821. The molecule has 3 heteroatoms. The van der Waals surface area contributed by atoms with Gasteiger partial charge in [-0.25, -0.2) is 0 Å². The molecule has 2 aromatic rings. The number of benzene rings is 1. The van der Waals surface area contributed by atoms with Crippen LogP contribution in [0.4, 0.5) is 5.69 Å². The molecule has 0 radical (unpaired) electrons. The van der Waals surface area contributed by atoms with Gasteiger partial charge < -0.3 is 14.8 Å². The Balaban J connectivity index is 2.08. The summed E-state index contributed by atoms with van der Waals surface area (Å²) in [6, 6.07) is 9.22. The Kier molecular flexibility index (Phi) is 2.14. The number of fused-ring (bicyclic) bond motifs is 1. The molecule has 1 N–H and O–H groups in total. The maximum atomic E-state index is 3.32. The first-order chi connectivity index (χ1) is 7.77. The van der Waals surface area contributed by atoms with Gasteiger partial charge in [0.1, 0.15) is 0 Å². The lowest BCUT2D eigenvalue weighted by atomic mass is 10.1. The number of aromatic nitrogens is 1. The third kappa shape index (κ3) is 1.32. The van der Waals surface area contributed by atoms with Crippen LogP contribution in [-0.2, 0) is 7.05 Å². The molecular weight excluding hydrogens is 198 g/mol. The van der Waals surface area contributed by atoms with E-state index in [-0.39, 0.29) is 0 Å². The van der Waals surface area contributed by atoms with Crippen molar-refractivity contribution in [3.05, 3.63) is 30.5 Å². The van der Waals surface area contributed by atoms with Crippen LogP contribution in [0.25, 0.3) is 10.9 Å². The van der Waals surface area contributed by atoms with Crippen molar-refractivity contribution in [1.82, 2.24) is 9.88 Å². The average molecular weight is 215 g/mol. The van der Waals surface area contributed by atoms with Crippen LogP contribution in [0.3, 0.4) is 0 Å². The van der Waals surface area contributed by atoms with Crippen molar-refractivity contribution in [1.29, 1.82) is 0 Å². The van der Waals surface area contributed by atoms with Crippen LogP contribution < -0.4 is 10.2 Å². The second kappa shape index (κ2) is 3.52. The summed E-state index contributed by atoms with van der Waals surface area (Å²) in [5, 5.41) is 4.66. The third-order valence-corrected chi connectivity index (χ3v) is 3.56. The van der Waals surface area contributed by atoms with Crippen molar-refractivity contribution in [3.8, 4) is 0 Å². The summed E-state index contributed by atoms with van der Waals surface area (Å²) in [4.78, 5) is 2.39. The van der Waals surface area contributed by atoms with E-state index in [4.69, 9.17) is 0 Å². The number of likely N-dealkylation sites (N-methyl/N-ethyl adjacent to an activating group) is 1. The number of hydrogen-bond donors (Lipinski definition) is 1. The zero-order valence-electron chi connectivity index (χ0n) is 9.77. The Hall–Kier alpha value is -1.48. The molecule has 0 amide bonds. The molecule has 3 rings (SSSR count). The minimum absolute atomic E-state index is 0.644. The topological polar surface area (TPSA) is 20.2 Å². The zero-order chi connectivity index (χ0) is 11.1. The summed E-state index contributed by atoms with van der Waals surface area (Å²) in [5.41, 5.74) is 2.64. The minimum Gasteiger partial charge on any atom is -0.367 e. The van der Waals surface area contributed by atoms with Crippen LogP contribution >= 0.6 is 0 Å². The van der Waals surface area contributed by atoms with E-state index in [1.54, 1.807) is 0 Å². The number of rotatable bonds is 2. The monoisotopic (exact) mass is 215 g/mol. The molecule has 0 atom stereocenters. The number of nitrogens with zero attached hydrogens (tertiary/aromatic N) is 2. The fourth-order valence-electron chi connectivity index (χ4n) is 2.35. The highest BCUT2D eigenvalue weighted by Crippen LogP contribution is 2.29. The Bertz CT molecular complexity index is 511. The molecule has 0 spiro atoms. The van der Waals surface area contributed by atoms with Crippen LogP contribution in [0.15, 0.2) is 30.5 Å². The molecule has 1 aromatic carbocycles. The molecule has 0 aliphatic carbocycles. The van der Waals surface area contributed by atoms with Gasteiger partial charge >= 0.3 is 0 Å². The van der Waals surface area contributed by atoms with Crippen molar-refractivity contribution in [2.45, 2.75) is 6.04 Å². The van der Waals surface area contributed by atoms with Gasteiger partial charge in [0.25, 0.3) is 0 Å². The second-order valence-electron chi connectivity index (χ2n) is 4.57. The Morgan fingerprint density at radius 3 is 2.75 bits per heavy atom. The molecule has 3 nitrogen and oxygen atoms in total. The molecule has 2 heterocycles. The lowest BCUT2D eigenvalue weighted by molar-refractivity contribution is 0.429. The molecule has 0 saturated carbocycles. The zero-order valence-corrected chi connectivity index (χ0v) is 9.77. The molecule has 1 aliphatic rings. The van der Waals surface area contributed by atoms with Crippen molar-refractivity contribution in [3.63, 3.8) is 0 Å². The minimum atomic E-state index is 0.644. The molecule has 1 fully saturated rings. The van der Waals surface area contributed by atoms with Crippen molar-refractivity contribution >= 4 is 16.6 Å². The van der Waals surface area contributed by atoms with Gasteiger partial charge in [-0.2, -0.15) is 0 Å². The third-order valence-electron chi connectivity index (χ3n) is 3.56. The van der Waals surface area contributed by atoms with Gasteiger partial charge in [0.15, 0.2) is 0 Å². The van der Waals surface area contributed by atoms with E-state index in [1.165, 1.54) is 16.6 Å². The summed E-state index contributed by atoms with van der Waals surface area (Å²) in [5.74, 6) is 0. The van der Waals surface area contributed by atoms with Gasteiger partial charge in [-0.3, -0.25) is 0 Å². The van der Waals surface area contributed by atoms with E-state index in [0.717, 1.165) is 13.1 Å². The van der Waals surface area contributed by atoms with Crippen LogP contribution in [0, 0.1) is 0 Å². The highest BCUT2D eigenvalue weighted by molar-refractivity contribution is 5.93. The van der Waals surface area contributed by atoms with Crippen LogP contribution in [0.5, 0.6) is 0 Å². The maximum Gasteiger partial charge on any atom is 0.0626 e. The SMILES string of the molecule is CN(c1cn(C)c2ccccc12)C1CNC1. The van der Waals surface area contributed by atoms with Crippen molar-refractivity contribution < 1.29 is 0 Å². The van der Waals surface area contributed by atoms with E-state index >= 15 is 0 Å². The molecular formula is C13H17N3. The van der Waals surface area contributed by atoms with Crippen molar-refractivity contribution in [2.75, 3.05) is 25.0 Å². The van der Waals surface area contributed by atoms with Gasteiger partial charge in [-0.15, -0.1) is 0 Å². The molecule has 16 heavy (non-hydrogen) atoms. The fraction of sp³-hybridized carbons (Fsp3) is 0.385. The average Bonchev–Trinajstić information content (AvgIpc) is 2.55. The lowest BCUT2D eigenvalue weighted by Crippen LogP contribution is -2.56. The number of nitrogens with one attached hydrogen (secondary N) is 1. The molecule has 0 unspecified atom stereocenters. The summed E-state index contributed by atoms with van der Waals surface area (Å²) in [6.07, 6.45) is 2.23. The smallest absolute Gasteiger partial charge is 0.0626 e. The molecule has 1 aromatic heterocycles. The number of anilines is 1. The summed E-state index contributed by atoms with van der Waals surface area (Å²) < 4.78 is 2.20. The van der Waals surface area contributed by atoms with E-state index in [1.807, 2.05) is 0 Å². The number of para-hydroxylation sites is 1. The summed E-state index contributed by atoms with van der Waals surface area (Å²) in [7, 11) is 4.30. The molecule has 1 aliphatic heterocycles. The normalized spacial score (nSPS) is 16.4. The Labute approximate surface area is 95.7 Å². The van der Waals surface area contributed by atoms with Gasteiger partial charge in [0.05, 0.1) is 11.7 Å². The van der Waals surface area contributed by atoms with Crippen LogP contribution in [-0.4, -0.2) is 30.7 Å². The molecule has 1 saturated heterocycles. The van der Waals surface area contributed by atoms with Gasteiger partial charge in [-0.1, -0.05) is 18.2 Å². The van der Waals surface area contributed by atoms with E-state index in [2.05, 4.69) is 59.3 Å². The summed E-state index contributed by atoms with van der Waals surface area (Å²) in [6.45, 7) is 2.19. The maximum absolute atomic E-state index is 3.32. The lowest BCUT2D eigenvalue weighted by Gasteiger charge is -2.36. The van der Waals surface area contributed by atoms with Gasteiger partial charge in [0.2, 0.25) is 0 Å². The van der Waals surface area contributed by atoms with E-state index < -0.39 is 0 Å². The Morgan fingerprint density at radius 2 is 2.06 bits per heavy atom. The van der Waals surface area contributed by atoms with Gasteiger partial charge in [-0.05, 0) is 6.07 Å². The highest BCUT2D eigenvalue weighted by atomic mass is 15.2. The molecule has 0 bridgehead atoms. The second-order valence-corrected chi connectivity index (χ2v) is 4.57. The van der Waals surface area contributed by atoms with Gasteiger partial charge in [0, 0.05) is 44.3 Å². The standard InChI is InChI=1S/C13H17N3/c1-15-9-13(16(2)10-7-14-8-10)11-5-3-4-6-12(11)15/h3-6,9-10,14H,7-8H2,1-2H3. The predicted molar refractivity (Wildman–Crippen MR) is 68.0 cm³/mol. The van der Waals surface area contributed by atoms with E-state index in [0.29, 0.717) is 6.04 Å². The van der Waals surface area contributed by atoms with E-state index in [9.17, 15) is 0 Å². The summed E-state index contributed by atoms with van der Waals surface area (Å²) >= 11 is 0. The first-order valence-corrected chi connectivity index (χ1v) is 5.75. The predicted octanol–water partition coefficient (Wildman–Crippen LogP) is 1.59. The number of hydrogen-bond acceptors (Lipinski definition) is 2. The largest absolute Gasteiger partial charge is 0.367 e. The first kappa shape index (κ1) is 9.73. The Morgan fingerprint density at radius 1 is 1.31 bits per heavy atom. The van der Waals surface area contributed by atoms with Crippen molar-refractivity contribution in [2.24, 2.45) is 7.05 Å². The highest BCUT2D eigenvalue weighted by Gasteiger charge is 2.23. The number of aryl methyl sites for hydroxylation is 1. The first-order valence-electron chi connectivity index (χ1n) is 5.75. The molecule has 84 valence electrons. The van der Waals surface area contributed by atoms with Crippen LogP contribution in [0.2, 0.25) is 0 Å².